The number of hydrogen-bond donors (Lipinski definition) is 2. The Labute approximate surface area is 65.1 Å². The topological polar surface area (TPSA) is 63.0 Å². The maximum Gasteiger partial charge on any atom is 0.137 e. The lowest BCUT2D eigenvalue weighted by Gasteiger charge is -2.08. The fourth-order valence-electron chi connectivity index (χ4n) is 0.843. The smallest absolute Gasteiger partial charge is 0.137 e. The number of aliphatic hydroxyl groups is 1. The van der Waals surface area contributed by atoms with Crippen LogP contribution in [-0.2, 0) is 6.54 Å². The van der Waals surface area contributed by atoms with Crippen LogP contribution in [0.1, 0.15) is 0 Å². The molecule has 0 bridgehead atoms. The van der Waals surface area contributed by atoms with Crippen LogP contribution in [0.15, 0.2) is 12.7 Å². The van der Waals surface area contributed by atoms with Gasteiger partial charge in [0.15, 0.2) is 0 Å². The molecule has 0 spiro atoms. The Morgan fingerprint density at radius 1 is 1.73 bits per heavy atom. The number of rotatable bonds is 4. The summed E-state index contributed by atoms with van der Waals surface area (Å²) in [6, 6.07) is 0. The minimum atomic E-state index is -0.401. The normalized spacial score (nSPS) is 13.3. The third-order valence-corrected chi connectivity index (χ3v) is 1.30. The van der Waals surface area contributed by atoms with E-state index in [1.807, 2.05) is 0 Å². The molecular weight excluding hydrogens is 144 g/mol. The van der Waals surface area contributed by atoms with Crippen molar-refractivity contribution in [2.24, 2.45) is 0 Å². The van der Waals surface area contributed by atoms with Crippen molar-refractivity contribution >= 4 is 0 Å². The first-order valence-corrected chi connectivity index (χ1v) is 3.48. The molecule has 0 saturated heterocycles. The van der Waals surface area contributed by atoms with E-state index in [1.165, 1.54) is 6.33 Å². The number of nitrogens with zero attached hydrogens (tertiary/aromatic N) is 3. The molecule has 1 aromatic heterocycles. The van der Waals surface area contributed by atoms with Crippen LogP contribution < -0.4 is 5.32 Å². The van der Waals surface area contributed by atoms with E-state index in [0.717, 1.165) is 0 Å². The molecule has 0 aliphatic carbocycles. The molecule has 0 saturated carbocycles. The maximum atomic E-state index is 9.27. The number of aromatic nitrogens is 3. The lowest BCUT2D eigenvalue weighted by atomic mass is 10.3. The van der Waals surface area contributed by atoms with Gasteiger partial charge in [-0.05, 0) is 7.05 Å². The SMILES string of the molecule is CNCC(O)Cn1cncn1. The van der Waals surface area contributed by atoms with Gasteiger partial charge in [0, 0.05) is 6.54 Å². The highest BCUT2D eigenvalue weighted by atomic mass is 16.3. The monoisotopic (exact) mass is 156 g/mol. The Bertz CT molecular complexity index is 186. The molecule has 0 aliphatic heterocycles. The lowest BCUT2D eigenvalue weighted by Crippen LogP contribution is -2.27. The molecule has 0 aromatic carbocycles. The molecule has 0 aliphatic rings. The van der Waals surface area contributed by atoms with E-state index in [9.17, 15) is 5.11 Å². The van der Waals surface area contributed by atoms with Gasteiger partial charge in [-0.15, -0.1) is 0 Å². The third-order valence-electron chi connectivity index (χ3n) is 1.30. The number of nitrogens with one attached hydrogen (secondary N) is 1. The van der Waals surface area contributed by atoms with Crippen molar-refractivity contribution in [3.05, 3.63) is 12.7 Å². The van der Waals surface area contributed by atoms with Crippen molar-refractivity contribution in [2.75, 3.05) is 13.6 Å². The van der Waals surface area contributed by atoms with Crippen LogP contribution >= 0.6 is 0 Å². The summed E-state index contributed by atoms with van der Waals surface area (Å²) in [6.07, 6.45) is 2.63. The summed E-state index contributed by atoms with van der Waals surface area (Å²) in [4.78, 5) is 3.76. The highest BCUT2D eigenvalue weighted by Crippen LogP contribution is 1.86. The van der Waals surface area contributed by atoms with Crippen molar-refractivity contribution in [1.82, 2.24) is 20.1 Å². The predicted octanol–water partition coefficient (Wildman–Crippen LogP) is -1.14. The van der Waals surface area contributed by atoms with Crippen LogP contribution in [0.5, 0.6) is 0 Å². The molecule has 1 aromatic rings. The first kappa shape index (κ1) is 8.16. The van der Waals surface area contributed by atoms with Crippen LogP contribution in [0.3, 0.4) is 0 Å². The molecule has 0 amide bonds. The second-order valence-corrected chi connectivity index (χ2v) is 2.33. The van der Waals surface area contributed by atoms with Crippen molar-refractivity contribution in [3.63, 3.8) is 0 Å². The molecule has 1 rings (SSSR count). The van der Waals surface area contributed by atoms with Crippen LogP contribution in [0.4, 0.5) is 0 Å². The molecular formula is C6H12N4O. The summed E-state index contributed by atoms with van der Waals surface area (Å²) < 4.78 is 1.60. The zero-order chi connectivity index (χ0) is 8.10. The van der Waals surface area contributed by atoms with Gasteiger partial charge in [0.25, 0.3) is 0 Å². The number of likely N-dealkylation sites (N-methyl/N-ethyl adjacent to an activating group) is 1. The van der Waals surface area contributed by atoms with Gasteiger partial charge in [0.2, 0.25) is 0 Å². The fraction of sp³-hybridized carbons (Fsp3) is 0.667. The quantitative estimate of drug-likeness (QED) is 0.578. The van der Waals surface area contributed by atoms with E-state index < -0.39 is 6.10 Å². The van der Waals surface area contributed by atoms with Crippen LogP contribution in [0.2, 0.25) is 0 Å². The van der Waals surface area contributed by atoms with Crippen LogP contribution in [0, 0.1) is 0 Å². The second kappa shape index (κ2) is 4.05. The van der Waals surface area contributed by atoms with Gasteiger partial charge in [0.1, 0.15) is 12.7 Å². The van der Waals surface area contributed by atoms with Gasteiger partial charge in [-0.1, -0.05) is 0 Å². The Morgan fingerprint density at radius 3 is 3.09 bits per heavy atom. The van der Waals surface area contributed by atoms with Crippen molar-refractivity contribution in [3.8, 4) is 0 Å². The number of aliphatic hydroxyl groups excluding tert-OH is 1. The molecule has 62 valence electrons. The Hall–Kier alpha value is -0.940. The second-order valence-electron chi connectivity index (χ2n) is 2.33. The molecule has 5 nitrogen and oxygen atoms in total. The molecule has 0 radical (unpaired) electrons. The number of hydrogen-bond acceptors (Lipinski definition) is 4. The Morgan fingerprint density at radius 2 is 2.55 bits per heavy atom. The zero-order valence-electron chi connectivity index (χ0n) is 6.44. The summed E-state index contributed by atoms with van der Waals surface area (Å²) >= 11 is 0. The average Bonchev–Trinajstić information content (AvgIpc) is 2.40. The van der Waals surface area contributed by atoms with E-state index in [0.29, 0.717) is 13.1 Å². The first-order valence-electron chi connectivity index (χ1n) is 3.48. The maximum absolute atomic E-state index is 9.27. The Kier molecular flexibility index (Phi) is 3.00. The first-order chi connectivity index (χ1) is 5.33. The molecule has 1 unspecified atom stereocenters. The average molecular weight is 156 g/mol. The summed E-state index contributed by atoms with van der Waals surface area (Å²) in [6.45, 7) is 1.06. The summed E-state index contributed by atoms with van der Waals surface area (Å²) in [7, 11) is 1.80. The van der Waals surface area contributed by atoms with Gasteiger partial charge in [-0.25, -0.2) is 4.98 Å². The third kappa shape index (κ3) is 2.65. The molecule has 0 fully saturated rings. The lowest BCUT2D eigenvalue weighted by molar-refractivity contribution is 0.149. The van der Waals surface area contributed by atoms with E-state index >= 15 is 0 Å². The summed E-state index contributed by atoms with van der Waals surface area (Å²) in [5, 5.41) is 16.0. The highest BCUT2D eigenvalue weighted by Gasteiger charge is 2.02. The van der Waals surface area contributed by atoms with E-state index in [2.05, 4.69) is 15.4 Å². The van der Waals surface area contributed by atoms with Crippen molar-refractivity contribution in [2.45, 2.75) is 12.6 Å². The van der Waals surface area contributed by atoms with Gasteiger partial charge >= 0.3 is 0 Å². The van der Waals surface area contributed by atoms with Gasteiger partial charge in [0.05, 0.1) is 12.6 Å². The summed E-state index contributed by atoms with van der Waals surface area (Å²) in [5.41, 5.74) is 0. The minimum absolute atomic E-state index is 0.401. The van der Waals surface area contributed by atoms with Gasteiger partial charge in [-0.3, -0.25) is 4.68 Å². The molecule has 1 heterocycles. The van der Waals surface area contributed by atoms with Crippen molar-refractivity contribution in [1.29, 1.82) is 0 Å². The standard InChI is InChI=1S/C6H12N4O/c1-7-2-6(11)3-10-5-8-4-9-10/h4-7,11H,2-3H2,1H3. The Balaban J connectivity index is 2.31. The predicted molar refractivity (Wildman–Crippen MR) is 40.0 cm³/mol. The highest BCUT2D eigenvalue weighted by molar-refractivity contribution is 4.62. The van der Waals surface area contributed by atoms with E-state index in [-0.39, 0.29) is 0 Å². The largest absolute Gasteiger partial charge is 0.390 e. The van der Waals surface area contributed by atoms with Gasteiger partial charge in [-0.2, -0.15) is 5.10 Å². The minimum Gasteiger partial charge on any atom is -0.390 e. The molecule has 1 atom stereocenters. The van der Waals surface area contributed by atoms with Crippen molar-refractivity contribution < 1.29 is 5.11 Å². The molecule has 11 heavy (non-hydrogen) atoms. The van der Waals surface area contributed by atoms with Gasteiger partial charge < -0.3 is 10.4 Å². The van der Waals surface area contributed by atoms with Crippen LogP contribution in [0.25, 0.3) is 0 Å². The molecule has 5 heteroatoms. The van der Waals surface area contributed by atoms with Crippen LogP contribution in [-0.4, -0.2) is 39.6 Å². The van der Waals surface area contributed by atoms with E-state index in [4.69, 9.17) is 0 Å². The molecule has 2 N–H and O–H groups in total. The fourth-order valence-corrected chi connectivity index (χ4v) is 0.843. The van der Waals surface area contributed by atoms with E-state index in [1.54, 1.807) is 18.1 Å². The zero-order valence-corrected chi connectivity index (χ0v) is 6.44. The summed E-state index contributed by atoms with van der Waals surface area (Å²) in [5.74, 6) is 0.